The van der Waals surface area contributed by atoms with Crippen LogP contribution >= 0.6 is 11.6 Å². The molecule has 2 fully saturated rings. The topological polar surface area (TPSA) is 115 Å². The van der Waals surface area contributed by atoms with E-state index in [1.165, 1.54) is 28.2 Å². The van der Waals surface area contributed by atoms with Gasteiger partial charge in [-0.2, -0.15) is 5.10 Å². The molecule has 2 heterocycles. The van der Waals surface area contributed by atoms with Gasteiger partial charge in [-0.15, -0.1) is 10.9 Å². The fourth-order valence-corrected chi connectivity index (χ4v) is 8.92. The standard InChI is InChI=1S/C37H46ClN5O5S/c1-5-6-7-16-49(46,41-37(45)29-20-39-42(3)21-29)40-36(44)26-10-13-35-34(18-26)43(22-27-9-12-31(27)24(2)47-4)23-28-8-11-30(38)19-33(28)32-17-25(32)14-15-48-35/h5,8,10-11,13,18-21,24-25,27,31-32H,1,6-7,9,12,14-17,22-23H2,2-4H3,(H,40,41,44,45,46)/t24-,25+,27-,31-,32-,49?/m0/s1. The summed E-state index contributed by atoms with van der Waals surface area (Å²) in [4.78, 5) is 29.2. The highest BCUT2D eigenvalue weighted by Crippen LogP contribution is 2.52. The minimum Gasteiger partial charge on any atom is -0.491 e. The first-order chi connectivity index (χ1) is 23.6. The second-order valence-corrected chi connectivity index (χ2v) is 16.1. The van der Waals surface area contributed by atoms with Gasteiger partial charge in [-0.3, -0.25) is 19.0 Å². The molecule has 2 saturated carbocycles. The maximum Gasteiger partial charge on any atom is 0.286 e. The maximum atomic E-state index is 14.1. The van der Waals surface area contributed by atoms with E-state index in [9.17, 15) is 13.8 Å². The number of carbonyl (C=O) groups excluding carboxylic acids is 2. The number of nitrogens with one attached hydrogen (secondary N) is 1. The third kappa shape index (κ3) is 8.22. The fraction of sp³-hybridized carbons (Fsp3) is 0.486. The zero-order chi connectivity index (χ0) is 34.7. The lowest BCUT2D eigenvalue weighted by Crippen LogP contribution is -2.43. The van der Waals surface area contributed by atoms with Gasteiger partial charge in [0, 0.05) is 44.0 Å². The number of hydrogen-bond donors (Lipinski definition) is 1. The minimum atomic E-state index is -3.47. The number of carbonyl (C=O) groups is 2. The highest BCUT2D eigenvalue weighted by Gasteiger charge is 2.41. The van der Waals surface area contributed by atoms with Crippen LogP contribution in [0.5, 0.6) is 5.75 Å². The van der Waals surface area contributed by atoms with Gasteiger partial charge in [0.1, 0.15) is 15.7 Å². The highest BCUT2D eigenvalue weighted by atomic mass is 35.5. The summed E-state index contributed by atoms with van der Waals surface area (Å²) in [5.41, 5.74) is 3.78. The van der Waals surface area contributed by atoms with Gasteiger partial charge in [0.15, 0.2) is 0 Å². The Labute approximate surface area is 294 Å². The predicted molar refractivity (Wildman–Crippen MR) is 192 cm³/mol. The molecule has 6 atom stereocenters. The highest BCUT2D eigenvalue weighted by molar-refractivity contribution is 7.92. The van der Waals surface area contributed by atoms with Crippen molar-refractivity contribution in [3.05, 3.63) is 88.7 Å². The number of allylic oxidation sites excluding steroid dienone is 1. The zero-order valence-electron chi connectivity index (χ0n) is 28.5. The van der Waals surface area contributed by atoms with E-state index in [1.807, 2.05) is 12.1 Å². The first-order valence-electron chi connectivity index (χ1n) is 17.1. The molecule has 1 aliphatic heterocycles. The Kier molecular flexibility index (Phi) is 10.8. The summed E-state index contributed by atoms with van der Waals surface area (Å²) in [6, 6.07) is 11.5. The molecule has 10 nitrogen and oxygen atoms in total. The average molecular weight is 708 g/mol. The number of nitrogens with zero attached hydrogens (tertiary/aromatic N) is 4. The molecule has 0 bridgehead atoms. The number of benzene rings is 2. The number of rotatable bonds is 11. The van der Waals surface area contributed by atoms with Gasteiger partial charge >= 0.3 is 0 Å². The SMILES string of the molecule is C=CCCCS(=O)(=NC(=O)c1ccc2c(c1)N(C[C@@H]1CC[C@H]1[C@H](C)OC)Cc1ccc(Cl)cc1[C@H]1C[C@H]1CCO2)NC(=O)c1cnn(C)c1. The summed E-state index contributed by atoms with van der Waals surface area (Å²) < 4.78 is 34.5. The van der Waals surface area contributed by atoms with Crippen molar-refractivity contribution in [3.8, 4) is 5.75 Å². The van der Waals surface area contributed by atoms with E-state index in [4.69, 9.17) is 21.1 Å². The average Bonchev–Trinajstić information content (AvgIpc) is 3.70. The quantitative estimate of drug-likeness (QED) is 0.170. The lowest BCUT2D eigenvalue weighted by molar-refractivity contribution is -0.00421. The molecule has 12 heteroatoms. The van der Waals surface area contributed by atoms with Crippen LogP contribution in [0.25, 0.3) is 0 Å². The van der Waals surface area contributed by atoms with E-state index in [0.29, 0.717) is 55.4 Å². The number of unbranched alkanes of at least 4 members (excludes halogenated alkanes) is 1. The van der Waals surface area contributed by atoms with Crippen LogP contribution in [0.3, 0.4) is 0 Å². The van der Waals surface area contributed by atoms with Crippen LogP contribution in [0.4, 0.5) is 5.69 Å². The van der Waals surface area contributed by atoms with E-state index in [-0.39, 0.29) is 23.0 Å². The van der Waals surface area contributed by atoms with Gasteiger partial charge in [-0.05, 0) is 111 Å². The summed E-state index contributed by atoms with van der Waals surface area (Å²) in [6.45, 7) is 7.79. The number of methoxy groups -OCH3 is 1. The second kappa shape index (κ2) is 15.1. The van der Waals surface area contributed by atoms with Crippen LogP contribution in [0.15, 0.2) is 65.8 Å². The Hall–Kier alpha value is -3.67. The van der Waals surface area contributed by atoms with Crippen molar-refractivity contribution in [2.75, 3.05) is 30.9 Å². The lowest BCUT2D eigenvalue weighted by atomic mass is 9.70. The molecule has 49 heavy (non-hydrogen) atoms. The van der Waals surface area contributed by atoms with Crippen molar-refractivity contribution in [2.24, 2.45) is 29.2 Å². The number of anilines is 1. The Morgan fingerprint density at radius 2 is 2.06 bits per heavy atom. The molecular weight excluding hydrogens is 662 g/mol. The van der Waals surface area contributed by atoms with Gasteiger partial charge in [0.2, 0.25) is 0 Å². The molecule has 2 aliphatic carbocycles. The molecule has 0 saturated heterocycles. The fourth-order valence-electron chi connectivity index (χ4n) is 7.17. The van der Waals surface area contributed by atoms with Crippen molar-refractivity contribution < 1.29 is 23.3 Å². The molecule has 6 rings (SSSR count). The second-order valence-electron chi connectivity index (χ2n) is 13.6. The zero-order valence-corrected chi connectivity index (χ0v) is 30.0. The molecule has 1 aromatic heterocycles. The van der Waals surface area contributed by atoms with E-state index < -0.39 is 21.7 Å². The first kappa shape index (κ1) is 35.2. The summed E-state index contributed by atoms with van der Waals surface area (Å²) in [5.74, 6) is 1.24. The van der Waals surface area contributed by atoms with Gasteiger partial charge in [0.25, 0.3) is 11.8 Å². The third-order valence-corrected chi connectivity index (χ3v) is 12.3. The number of aryl methyl sites for hydroxylation is 1. The summed E-state index contributed by atoms with van der Waals surface area (Å²) in [7, 11) is -0.0217. The lowest BCUT2D eigenvalue weighted by Gasteiger charge is -2.43. The maximum absolute atomic E-state index is 14.1. The van der Waals surface area contributed by atoms with Crippen LogP contribution in [0.1, 0.15) is 83.2 Å². The summed E-state index contributed by atoms with van der Waals surface area (Å²) in [6.07, 6.45) is 9.98. The van der Waals surface area contributed by atoms with Crippen molar-refractivity contribution in [3.63, 3.8) is 0 Å². The molecule has 3 aliphatic rings. The van der Waals surface area contributed by atoms with Crippen LogP contribution < -0.4 is 14.4 Å². The molecular formula is C37H46ClN5O5S. The van der Waals surface area contributed by atoms with Crippen molar-refractivity contribution in [1.82, 2.24) is 14.5 Å². The Morgan fingerprint density at radius 3 is 2.78 bits per heavy atom. The molecule has 0 spiro atoms. The summed E-state index contributed by atoms with van der Waals surface area (Å²) >= 11 is 6.52. The number of fused-ring (bicyclic) bond motifs is 4. The molecule has 3 aromatic rings. The minimum absolute atomic E-state index is 0.000627. The monoisotopic (exact) mass is 707 g/mol. The van der Waals surface area contributed by atoms with Gasteiger partial charge in [-0.1, -0.05) is 23.7 Å². The van der Waals surface area contributed by atoms with Crippen LogP contribution in [0.2, 0.25) is 5.02 Å². The van der Waals surface area contributed by atoms with E-state index in [2.05, 4.69) is 44.7 Å². The Morgan fingerprint density at radius 1 is 1.22 bits per heavy atom. The largest absolute Gasteiger partial charge is 0.491 e. The van der Waals surface area contributed by atoms with Crippen LogP contribution in [-0.4, -0.2) is 57.9 Å². The van der Waals surface area contributed by atoms with Crippen molar-refractivity contribution in [2.45, 2.75) is 64.0 Å². The van der Waals surface area contributed by atoms with Gasteiger partial charge < -0.3 is 14.4 Å². The number of hydrogen-bond acceptors (Lipinski definition) is 7. The first-order valence-corrected chi connectivity index (χ1v) is 19.2. The molecule has 2 aromatic carbocycles. The molecule has 262 valence electrons. The molecule has 1 unspecified atom stereocenters. The Bertz CT molecular complexity index is 1830. The predicted octanol–water partition coefficient (Wildman–Crippen LogP) is 6.95. The number of aromatic nitrogens is 2. The number of halogens is 1. The van der Waals surface area contributed by atoms with E-state index in [0.717, 1.165) is 42.9 Å². The number of amides is 2. The van der Waals surface area contributed by atoms with Gasteiger partial charge in [-0.25, -0.2) is 4.21 Å². The van der Waals surface area contributed by atoms with E-state index >= 15 is 0 Å². The molecule has 2 amide bonds. The van der Waals surface area contributed by atoms with Crippen molar-refractivity contribution >= 4 is 39.0 Å². The van der Waals surface area contributed by atoms with Crippen molar-refractivity contribution in [1.29, 1.82) is 0 Å². The van der Waals surface area contributed by atoms with Crippen LogP contribution in [-0.2, 0) is 28.2 Å². The number of ether oxygens (including phenoxy) is 2. The van der Waals surface area contributed by atoms with Crippen LogP contribution in [0, 0.1) is 17.8 Å². The van der Waals surface area contributed by atoms with E-state index in [1.54, 1.807) is 32.4 Å². The molecule has 0 radical (unpaired) electrons. The Balaban J connectivity index is 1.37. The molecule has 1 N–H and O–H groups in total. The normalized spacial score (nSPS) is 23.1. The summed E-state index contributed by atoms with van der Waals surface area (Å²) in [5, 5.41) is 4.76. The van der Waals surface area contributed by atoms with Gasteiger partial charge in [0.05, 0.1) is 35.9 Å². The smallest absolute Gasteiger partial charge is 0.286 e. The third-order valence-electron chi connectivity index (χ3n) is 10.3.